The second-order valence-electron chi connectivity index (χ2n) is 5.58. The molecule has 0 radical (unpaired) electrons. The van der Waals surface area contributed by atoms with Crippen LogP contribution in [-0.4, -0.2) is 54.9 Å². The molecule has 0 bridgehead atoms. The number of ether oxygens (including phenoxy) is 1. The van der Waals surface area contributed by atoms with E-state index in [1.165, 1.54) is 0 Å². The lowest BCUT2D eigenvalue weighted by molar-refractivity contribution is -0.0307. The Morgan fingerprint density at radius 3 is 2.79 bits per heavy atom. The first kappa shape index (κ1) is 14.4. The molecule has 106 valence electrons. The number of aliphatic hydroxyl groups is 1. The number of hydrogen-bond donors (Lipinski definition) is 1. The highest BCUT2D eigenvalue weighted by molar-refractivity contribution is 5.03. The van der Waals surface area contributed by atoms with Crippen molar-refractivity contribution in [2.45, 2.75) is 19.3 Å². The van der Waals surface area contributed by atoms with Gasteiger partial charge in [-0.1, -0.05) is 6.07 Å². The average Bonchev–Trinajstić information content (AvgIpc) is 2.47. The molecule has 1 aromatic heterocycles. The molecule has 4 nitrogen and oxygen atoms in total. The van der Waals surface area contributed by atoms with E-state index in [0.29, 0.717) is 0 Å². The molecule has 0 aliphatic carbocycles. The smallest absolute Gasteiger partial charge is 0.0501 e. The maximum atomic E-state index is 9.68. The monoisotopic (exact) mass is 264 g/mol. The molecule has 0 saturated carbocycles. The summed E-state index contributed by atoms with van der Waals surface area (Å²) in [5.74, 6) is 0. The Morgan fingerprint density at radius 2 is 2.16 bits per heavy atom. The summed E-state index contributed by atoms with van der Waals surface area (Å²) in [5.41, 5.74) is 1.15. The lowest BCUT2D eigenvalue weighted by Gasteiger charge is -2.38. The molecule has 4 heteroatoms. The number of nitrogens with zero attached hydrogens (tertiary/aromatic N) is 2. The number of likely N-dealkylation sites (N-methyl/N-ethyl adjacent to an activating group) is 1. The molecule has 1 aliphatic heterocycles. The van der Waals surface area contributed by atoms with Crippen molar-refractivity contribution in [2.24, 2.45) is 5.41 Å². The lowest BCUT2D eigenvalue weighted by atomic mass is 9.80. The largest absolute Gasteiger partial charge is 0.396 e. The summed E-state index contributed by atoms with van der Waals surface area (Å²) in [6, 6.07) is 6.02. The van der Waals surface area contributed by atoms with Gasteiger partial charge in [-0.05, 0) is 32.0 Å². The summed E-state index contributed by atoms with van der Waals surface area (Å²) in [4.78, 5) is 6.64. The Hall–Kier alpha value is -0.970. The van der Waals surface area contributed by atoms with Gasteiger partial charge < -0.3 is 14.7 Å². The number of aliphatic hydroxyl groups excluding tert-OH is 1. The van der Waals surface area contributed by atoms with Crippen LogP contribution in [0.15, 0.2) is 24.4 Å². The molecule has 1 fully saturated rings. The molecule has 1 aromatic rings. The van der Waals surface area contributed by atoms with E-state index in [1.807, 2.05) is 18.3 Å². The molecule has 1 N–H and O–H groups in total. The molecule has 19 heavy (non-hydrogen) atoms. The van der Waals surface area contributed by atoms with Crippen LogP contribution >= 0.6 is 0 Å². The van der Waals surface area contributed by atoms with Gasteiger partial charge in [-0.25, -0.2) is 0 Å². The minimum Gasteiger partial charge on any atom is -0.396 e. The van der Waals surface area contributed by atoms with E-state index in [-0.39, 0.29) is 12.0 Å². The standard InChI is InChI=1S/C15H24N2O2/c1-17(9-5-14-4-2-3-8-16-14)12-15(13-18)6-10-19-11-7-15/h2-4,8,18H,5-7,9-13H2,1H3. The van der Waals surface area contributed by atoms with Crippen LogP contribution in [0.25, 0.3) is 0 Å². The Labute approximate surface area is 115 Å². The maximum absolute atomic E-state index is 9.68. The minimum absolute atomic E-state index is 0.0249. The zero-order valence-corrected chi connectivity index (χ0v) is 11.7. The summed E-state index contributed by atoms with van der Waals surface area (Å²) < 4.78 is 5.40. The SMILES string of the molecule is CN(CCc1ccccn1)CC1(CO)CCOCC1. The van der Waals surface area contributed by atoms with E-state index in [2.05, 4.69) is 23.0 Å². The van der Waals surface area contributed by atoms with Crippen molar-refractivity contribution in [2.75, 3.05) is 40.0 Å². The van der Waals surface area contributed by atoms with Crippen molar-refractivity contribution in [3.05, 3.63) is 30.1 Å². The van der Waals surface area contributed by atoms with Crippen molar-refractivity contribution in [3.63, 3.8) is 0 Å². The zero-order valence-electron chi connectivity index (χ0n) is 11.7. The van der Waals surface area contributed by atoms with Crippen LogP contribution < -0.4 is 0 Å². The van der Waals surface area contributed by atoms with Gasteiger partial charge in [0.25, 0.3) is 0 Å². The third kappa shape index (κ3) is 4.27. The van der Waals surface area contributed by atoms with Crippen LogP contribution in [0.5, 0.6) is 0 Å². The quantitative estimate of drug-likeness (QED) is 0.842. The van der Waals surface area contributed by atoms with Gasteiger partial charge in [-0.3, -0.25) is 4.98 Å². The van der Waals surface area contributed by atoms with Crippen LogP contribution in [0, 0.1) is 5.41 Å². The number of aromatic nitrogens is 1. The predicted molar refractivity (Wildman–Crippen MR) is 75.0 cm³/mol. The second kappa shape index (κ2) is 6.98. The molecule has 0 unspecified atom stereocenters. The highest BCUT2D eigenvalue weighted by Gasteiger charge is 2.32. The summed E-state index contributed by atoms with van der Waals surface area (Å²) in [6.45, 7) is 3.70. The van der Waals surface area contributed by atoms with Crippen LogP contribution in [0.3, 0.4) is 0 Å². The molecular weight excluding hydrogens is 240 g/mol. The van der Waals surface area contributed by atoms with Gasteiger partial charge in [0, 0.05) is 50.0 Å². The normalized spacial score (nSPS) is 18.7. The molecule has 2 heterocycles. The Bertz CT molecular complexity index is 364. The Morgan fingerprint density at radius 1 is 1.37 bits per heavy atom. The molecule has 1 saturated heterocycles. The minimum atomic E-state index is 0.0249. The van der Waals surface area contributed by atoms with Gasteiger partial charge in [0.05, 0.1) is 6.61 Å². The summed E-state index contributed by atoms with van der Waals surface area (Å²) in [5, 5.41) is 9.68. The fourth-order valence-corrected chi connectivity index (χ4v) is 2.67. The van der Waals surface area contributed by atoms with Gasteiger partial charge in [-0.15, -0.1) is 0 Å². The van der Waals surface area contributed by atoms with Crippen molar-refractivity contribution in [3.8, 4) is 0 Å². The molecular formula is C15H24N2O2. The fraction of sp³-hybridized carbons (Fsp3) is 0.667. The molecule has 2 rings (SSSR count). The Kier molecular flexibility index (Phi) is 5.31. The second-order valence-corrected chi connectivity index (χ2v) is 5.58. The third-order valence-electron chi connectivity index (χ3n) is 3.97. The summed E-state index contributed by atoms with van der Waals surface area (Å²) in [6.07, 6.45) is 4.70. The summed E-state index contributed by atoms with van der Waals surface area (Å²) >= 11 is 0. The van der Waals surface area contributed by atoms with Crippen molar-refractivity contribution >= 4 is 0 Å². The highest BCUT2D eigenvalue weighted by atomic mass is 16.5. The zero-order chi connectivity index (χ0) is 13.6. The van der Waals surface area contributed by atoms with Crippen molar-refractivity contribution in [1.82, 2.24) is 9.88 Å². The van der Waals surface area contributed by atoms with E-state index >= 15 is 0 Å². The number of rotatable bonds is 6. The van der Waals surface area contributed by atoms with E-state index < -0.39 is 0 Å². The third-order valence-corrected chi connectivity index (χ3v) is 3.97. The molecule has 0 spiro atoms. The average molecular weight is 264 g/mol. The first-order valence-electron chi connectivity index (χ1n) is 7.01. The van der Waals surface area contributed by atoms with Crippen LogP contribution in [0.1, 0.15) is 18.5 Å². The first-order chi connectivity index (χ1) is 9.24. The molecule has 0 aromatic carbocycles. The van der Waals surface area contributed by atoms with E-state index in [1.54, 1.807) is 0 Å². The van der Waals surface area contributed by atoms with Gasteiger partial charge in [0.15, 0.2) is 0 Å². The van der Waals surface area contributed by atoms with E-state index in [0.717, 1.165) is 51.3 Å². The molecule has 0 atom stereocenters. The van der Waals surface area contributed by atoms with Gasteiger partial charge in [0.2, 0.25) is 0 Å². The van der Waals surface area contributed by atoms with Crippen molar-refractivity contribution < 1.29 is 9.84 Å². The van der Waals surface area contributed by atoms with Crippen LogP contribution in [-0.2, 0) is 11.2 Å². The van der Waals surface area contributed by atoms with E-state index in [4.69, 9.17) is 4.74 Å². The topological polar surface area (TPSA) is 45.6 Å². The van der Waals surface area contributed by atoms with Gasteiger partial charge in [-0.2, -0.15) is 0 Å². The molecule has 1 aliphatic rings. The maximum Gasteiger partial charge on any atom is 0.0501 e. The number of hydrogen-bond acceptors (Lipinski definition) is 4. The number of pyridine rings is 1. The summed E-state index contributed by atoms with van der Waals surface area (Å²) in [7, 11) is 2.12. The lowest BCUT2D eigenvalue weighted by Crippen LogP contribution is -2.43. The predicted octanol–water partition coefficient (Wildman–Crippen LogP) is 1.34. The van der Waals surface area contributed by atoms with Crippen LogP contribution in [0.2, 0.25) is 0 Å². The van der Waals surface area contributed by atoms with Crippen molar-refractivity contribution in [1.29, 1.82) is 0 Å². The Balaban J connectivity index is 1.81. The fourth-order valence-electron chi connectivity index (χ4n) is 2.67. The highest BCUT2D eigenvalue weighted by Crippen LogP contribution is 2.30. The van der Waals surface area contributed by atoms with Crippen LogP contribution in [0.4, 0.5) is 0 Å². The molecule has 0 amide bonds. The van der Waals surface area contributed by atoms with Gasteiger partial charge >= 0.3 is 0 Å². The first-order valence-corrected chi connectivity index (χ1v) is 7.01. The van der Waals surface area contributed by atoms with E-state index in [9.17, 15) is 5.11 Å². The van der Waals surface area contributed by atoms with Gasteiger partial charge in [0.1, 0.15) is 0 Å².